The molecule has 0 radical (unpaired) electrons. The lowest BCUT2D eigenvalue weighted by Crippen LogP contribution is -2.07. The molecular weight excluding hydrogens is 378 g/mol. The van der Waals surface area contributed by atoms with Crippen LogP contribution in [0.15, 0.2) is 60.0 Å². The van der Waals surface area contributed by atoms with Crippen molar-refractivity contribution < 1.29 is 14.5 Å². The zero-order valence-corrected chi connectivity index (χ0v) is 15.8. The maximum atomic E-state index is 12.1. The summed E-state index contributed by atoms with van der Waals surface area (Å²) in [6.45, 7) is 2.52. The molecule has 3 rings (SSSR count). The molecule has 0 atom stereocenters. The van der Waals surface area contributed by atoms with E-state index in [4.69, 9.17) is 4.74 Å². The maximum absolute atomic E-state index is 12.1. The van der Waals surface area contributed by atoms with Gasteiger partial charge in [0.25, 0.3) is 5.69 Å². The minimum absolute atomic E-state index is 0.00521. The van der Waals surface area contributed by atoms with E-state index in [0.717, 1.165) is 11.3 Å². The Morgan fingerprint density at radius 3 is 2.79 bits per heavy atom. The fraction of sp³-hybridized carbons (Fsp3) is 0.100. The van der Waals surface area contributed by atoms with E-state index in [1.165, 1.54) is 29.5 Å². The second-order valence-corrected chi connectivity index (χ2v) is 6.53. The number of nitrogens with one attached hydrogen (secondary N) is 1. The Bertz CT molecular complexity index is 1010. The topological polar surface area (TPSA) is 94.4 Å². The van der Waals surface area contributed by atoms with Crippen LogP contribution < -0.4 is 10.1 Å². The summed E-state index contributed by atoms with van der Waals surface area (Å²) in [5.41, 5.74) is 2.06. The number of carbonyl (C=O) groups excluding carboxylic acids is 1. The molecule has 0 saturated heterocycles. The Labute approximate surface area is 165 Å². The number of carbonyl (C=O) groups is 1. The van der Waals surface area contributed by atoms with Crippen molar-refractivity contribution in [3.05, 3.63) is 75.7 Å². The molecular formula is C20H17N3O4S. The number of hydrogen-bond acceptors (Lipinski definition) is 6. The van der Waals surface area contributed by atoms with Crippen molar-refractivity contribution in [1.29, 1.82) is 0 Å². The van der Waals surface area contributed by atoms with Gasteiger partial charge in [0.1, 0.15) is 5.75 Å². The Hall–Kier alpha value is -3.52. The van der Waals surface area contributed by atoms with Crippen LogP contribution >= 0.6 is 11.3 Å². The average Bonchev–Trinajstić information content (AvgIpc) is 3.16. The van der Waals surface area contributed by atoms with E-state index >= 15 is 0 Å². The number of rotatable bonds is 7. The van der Waals surface area contributed by atoms with Crippen LogP contribution in [-0.4, -0.2) is 22.4 Å². The van der Waals surface area contributed by atoms with E-state index in [0.29, 0.717) is 23.0 Å². The minimum Gasteiger partial charge on any atom is -0.494 e. The molecule has 0 aliphatic rings. The number of amides is 1. The quantitative estimate of drug-likeness (QED) is 0.353. The number of nitro groups is 1. The maximum Gasteiger partial charge on any atom is 0.270 e. The van der Waals surface area contributed by atoms with Crippen molar-refractivity contribution in [2.45, 2.75) is 6.92 Å². The zero-order chi connectivity index (χ0) is 19.9. The van der Waals surface area contributed by atoms with Gasteiger partial charge in [0.2, 0.25) is 5.91 Å². The largest absolute Gasteiger partial charge is 0.494 e. The van der Waals surface area contributed by atoms with Crippen molar-refractivity contribution in [1.82, 2.24) is 4.98 Å². The first-order valence-corrected chi connectivity index (χ1v) is 9.35. The second-order valence-electron chi connectivity index (χ2n) is 5.67. The van der Waals surface area contributed by atoms with Crippen molar-refractivity contribution in [2.75, 3.05) is 11.9 Å². The molecule has 1 aromatic heterocycles. The molecule has 0 aliphatic heterocycles. The van der Waals surface area contributed by atoms with E-state index in [-0.39, 0.29) is 11.6 Å². The van der Waals surface area contributed by atoms with Gasteiger partial charge in [-0.25, -0.2) is 4.98 Å². The molecule has 1 N–H and O–H groups in total. The fourth-order valence-electron chi connectivity index (χ4n) is 2.40. The van der Waals surface area contributed by atoms with Crippen molar-refractivity contribution in [2.24, 2.45) is 0 Å². The third kappa shape index (κ3) is 5.01. The van der Waals surface area contributed by atoms with Crippen LogP contribution in [0.3, 0.4) is 0 Å². The number of benzene rings is 2. The molecule has 8 heteroatoms. The summed E-state index contributed by atoms with van der Waals surface area (Å²) in [6, 6.07) is 13.6. The highest BCUT2D eigenvalue weighted by atomic mass is 32.1. The Morgan fingerprint density at radius 1 is 1.29 bits per heavy atom. The molecule has 7 nitrogen and oxygen atoms in total. The number of aromatic nitrogens is 1. The van der Waals surface area contributed by atoms with Gasteiger partial charge in [-0.05, 0) is 30.7 Å². The first-order valence-electron chi connectivity index (χ1n) is 8.47. The highest BCUT2D eigenvalue weighted by molar-refractivity contribution is 7.14. The van der Waals surface area contributed by atoms with Gasteiger partial charge in [-0.15, -0.1) is 11.3 Å². The van der Waals surface area contributed by atoms with Crippen LogP contribution in [0.1, 0.15) is 12.5 Å². The van der Waals surface area contributed by atoms with Gasteiger partial charge in [-0.1, -0.05) is 24.3 Å². The highest BCUT2D eigenvalue weighted by Gasteiger charge is 2.10. The van der Waals surface area contributed by atoms with Gasteiger partial charge in [-0.2, -0.15) is 0 Å². The predicted octanol–water partition coefficient (Wildman–Crippen LogP) is 4.77. The minimum atomic E-state index is -0.454. The predicted molar refractivity (Wildman–Crippen MR) is 109 cm³/mol. The van der Waals surface area contributed by atoms with Crippen molar-refractivity contribution in [3.8, 4) is 17.0 Å². The summed E-state index contributed by atoms with van der Waals surface area (Å²) in [5, 5.41) is 15.7. The zero-order valence-electron chi connectivity index (χ0n) is 15.0. The molecule has 0 unspecified atom stereocenters. The Morgan fingerprint density at radius 2 is 2.07 bits per heavy atom. The average molecular weight is 395 g/mol. The third-order valence-electron chi connectivity index (χ3n) is 3.71. The highest BCUT2D eigenvalue weighted by Crippen LogP contribution is 2.27. The first kappa shape index (κ1) is 19.2. The van der Waals surface area contributed by atoms with Gasteiger partial charge >= 0.3 is 0 Å². The van der Waals surface area contributed by atoms with Gasteiger partial charge in [0, 0.05) is 29.2 Å². The number of nitro benzene ring substituents is 1. The van der Waals surface area contributed by atoms with E-state index in [1.54, 1.807) is 23.6 Å². The van der Waals surface area contributed by atoms with E-state index < -0.39 is 4.92 Å². The number of anilines is 1. The number of nitrogens with zero attached hydrogens (tertiary/aromatic N) is 2. The van der Waals surface area contributed by atoms with Gasteiger partial charge in [0.15, 0.2) is 5.13 Å². The molecule has 1 heterocycles. The van der Waals surface area contributed by atoms with E-state index in [2.05, 4.69) is 10.3 Å². The summed E-state index contributed by atoms with van der Waals surface area (Å²) in [5.74, 6) is 0.467. The lowest BCUT2D eigenvalue weighted by Gasteiger charge is -2.02. The van der Waals surface area contributed by atoms with Crippen LogP contribution in [0.25, 0.3) is 17.3 Å². The molecule has 2 aromatic carbocycles. The number of non-ortho nitro benzene ring substituents is 1. The summed E-state index contributed by atoms with van der Waals surface area (Å²) in [7, 11) is 0. The first-order chi connectivity index (χ1) is 13.5. The smallest absolute Gasteiger partial charge is 0.270 e. The van der Waals surface area contributed by atoms with E-state index in [9.17, 15) is 14.9 Å². The molecule has 1 amide bonds. The van der Waals surface area contributed by atoms with Crippen LogP contribution in [-0.2, 0) is 4.79 Å². The fourth-order valence-corrected chi connectivity index (χ4v) is 3.13. The molecule has 28 heavy (non-hydrogen) atoms. The second kappa shape index (κ2) is 8.92. The molecule has 0 fully saturated rings. The van der Waals surface area contributed by atoms with Gasteiger partial charge < -0.3 is 4.74 Å². The summed E-state index contributed by atoms with van der Waals surface area (Å²) >= 11 is 1.25. The number of hydrogen-bond donors (Lipinski definition) is 1. The van der Waals surface area contributed by atoms with Gasteiger partial charge in [-0.3, -0.25) is 20.2 Å². The van der Waals surface area contributed by atoms with Crippen LogP contribution in [0.4, 0.5) is 10.8 Å². The molecule has 0 aliphatic carbocycles. The molecule has 0 bridgehead atoms. The molecule has 3 aromatic rings. The number of thiazole rings is 1. The SMILES string of the molecule is CCOc1ccc(C=CC(=O)Nc2nc(-c3cccc([N+](=O)[O-])c3)cs2)cc1. The molecule has 0 spiro atoms. The lowest BCUT2D eigenvalue weighted by molar-refractivity contribution is -0.384. The van der Waals surface area contributed by atoms with Crippen LogP contribution in [0, 0.1) is 10.1 Å². The Balaban J connectivity index is 1.63. The molecule has 142 valence electrons. The van der Waals surface area contributed by atoms with Crippen molar-refractivity contribution >= 4 is 34.1 Å². The van der Waals surface area contributed by atoms with Crippen LogP contribution in [0.2, 0.25) is 0 Å². The monoisotopic (exact) mass is 395 g/mol. The lowest BCUT2D eigenvalue weighted by atomic mass is 10.1. The Kier molecular flexibility index (Phi) is 6.13. The van der Waals surface area contributed by atoms with E-state index in [1.807, 2.05) is 31.2 Å². The normalized spacial score (nSPS) is 10.8. The van der Waals surface area contributed by atoms with Crippen molar-refractivity contribution in [3.63, 3.8) is 0 Å². The summed E-state index contributed by atoms with van der Waals surface area (Å²) in [4.78, 5) is 26.9. The summed E-state index contributed by atoms with van der Waals surface area (Å²) < 4.78 is 5.38. The standard InChI is InChI=1S/C20H17N3O4S/c1-2-27-17-9-6-14(7-10-17)8-11-19(24)22-20-21-18(13-28-20)15-4-3-5-16(12-15)23(25)26/h3-13H,2H2,1H3,(H,21,22,24). The summed E-state index contributed by atoms with van der Waals surface area (Å²) in [6.07, 6.45) is 3.12. The van der Waals surface area contributed by atoms with Crippen LogP contribution in [0.5, 0.6) is 5.75 Å². The molecule has 0 saturated carbocycles. The third-order valence-corrected chi connectivity index (χ3v) is 4.46. The van der Waals surface area contributed by atoms with Gasteiger partial charge in [0.05, 0.1) is 17.2 Å². The number of ether oxygens (including phenoxy) is 1.